The van der Waals surface area contributed by atoms with Crippen molar-refractivity contribution in [1.29, 1.82) is 0 Å². The van der Waals surface area contributed by atoms with Crippen LogP contribution in [0, 0.1) is 11.6 Å². The van der Waals surface area contributed by atoms with Crippen LogP contribution in [0.4, 0.5) is 8.78 Å². The van der Waals surface area contributed by atoms with Crippen molar-refractivity contribution in [3.05, 3.63) is 64.1 Å². The van der Waals surface area contributed by atoms with Crippen LogP contribution in [0.2, 0.25) is 0 Å². The maximum Gasteiger partial charge on any atom is 0.200 e. The molecule has 2 aromatic rings. The molecule has 0 aromatic heterocycles. The number of hydrogen-bond acceptors (Lipinski definition) is 2. The van der Waals surface area contributed by atoms with Crippen molar-refractivity contribution in [2.75, 3.05) is 6.61 Å². The van der Waals surface area contributed by atoms with Crippen molar-refractivity contribution in [3.63, 3.8) is 0 Å². The zero-order valence-corrected chi connectivity index (χ0v) is 12.0. The van der Waals surface area contributed by atoms with E-state index >= 15 is 0 Å². The van der Waals surface area contributed by atoms with Crippen molar-refractivity contribution in [2.24, 2.45) is 0 Å². The number of ether oxygens (including phenoxy) is 1. The van der Waals surface area contributed by atoms with Crippen LogP contribution in [0.15, 0.2) is 46.9 Å². The summed E-state index contributed by atoms with van der Waals surface area (Å²) in [6.45, 7) is -0.0134. The van der Waals surface area contributed by atoms with Gasteiger partial charge in [0, 0.05) is 16.5 Å². The summed E-state index contributed by atoms with van der Waals surface area (Å²) in [5, 5.41) is 0. The van der Waals surface area contributed by atoms with Crippen molar-refractivity contribution in [2.45, 2.75) is 6.42 Å². The van der Waals surface area contributed by atoms with Gasteiger partial charge in [0.2, 0.25) is 5.82 Å². The first-order valence-electron chi connectivity index (χ1n) is 5.93. The zero-order valence-electron chi connectivity index (χ0n) is 10.4. The minimum Gasteiger partial charge on any atom is -0.490 e. The lowest BCUT2D eigenvalue weighted by molar-refractivity contribution is 0.0961. The second-order valence-corrected chi connectivity index (χ2v) is 5.00. The molecule has 0 fully saturated rings. The lowest BCUT2D eigenvalue weighted by atomic mass is 10.1. The van der Waals surface area contributed by atoms with Crippen molar-refractivity contribution in [3.8, 4) is 5.75 Å². The van der Waals surface area contributed by atoms with Gasteiger partial charge in [0.25, 0.3) is 0 Å². The number of hydrogen-bond donors (Lipinski definition) is 0. The summed E-state index contributed by atoms with van der Waals surface area (Å²) in [6.07, 6.45) is 0.0948. The molecule has 0 aliphatic rings. The molecular formula is C15H11BrF2O2. The van der Waals surface area contributed by atoms with Crippen molar-refractivity contribution < 1.29 is 18.3 Å². The Balaban J connectivity index is 1.95. The summed E-state index contributed by atoms with van der Waals surface area (Å²) in [6, 6.07) is 11.1. The molecule has 0 aliphatic heterocycles. The highest BCUT2D eigenvalue weighted by Crippen LogP contribution is 2.25. The van der Waals surface area contributed by atoms with E-state index < -0.39 is 11.6 Å². The first kappa shape index (κ1) is 14.7. The molecule has 0 bridgehead atoms. The van der Waals surface area contributed by atoms with Gasteiger partial charge in [-0.15, -0.1) is 0 Å². The van der Waals surface area contributed by atoms with Gasteiger partial charge >= 0.3 is 0 Å². The number of carbonyl (C=O) groups is 1. The fraction of sp³-hybridized carbons (Fsp3) is 0.133. The average molecular weight is 341 g/mol. The second-order valence-electron chi connectivity index (χ2n) is 4.09. The van der Waals surface area contributed by atoms with E-state index in [1.54, 1.807) is 24.3 Å². The molecule has 0 spiro atoms. The first-order chi connectivity index (χ1) is 9.58. The maximum absolute atomic E-state index is 13.4. The Morgan fingerprint density at radius 1 is 1.15 bits per heavy atom. The van der Waals surface area contributed by atoms with Crippen molar-refractivity contribution in [1.82, 2.24) is 0 Å². The van der Waals surface area contributed by atoms with E-state index in [9.17, 15) is 13.6 Å². The molecule has 0 saturated heterocycles. The van der Waals surface area contributed by atoms with E-state index in [2.05, 4.69) is 15.9 Å². The molecule has 0 N–H and O–H groups in total. The highest BCUT2D eigenvalue weighted by molar-refractivity contribution is 9.10. The number of ketones is 1. The summed E-state index contributed by atoms with van der Waals surface area (Å²) in [4.78, 5) is 11.8. The van der Waals surface area contributed by atoms with Gasteiger partial charge in [0.05, 0.1) is 6.61 Å². The topological polar surface area (TPSA) is 26.3 Å². The molecule has 0 radical (unpaired) electrons. The molecule has 2 aromatic carbocycles. The minimum absolute atomic E-state index is 0.0134. The lowest BCUT2D eigenvalue weighted by Gasteiger charge is -2.08. The van der Waals surface area contributed by atoms with Gasteiger partial charge in [-0.2, -0.15) is 4.39 Å². The predicted octanol–water partition coefficient (Wildman–Crippen LogP) is 4.38. The van der Waals surface area contributed by atoms with Crippen LogP contribution < -0.4 is 4.74 Å². The molecule has 0 heterocycles. The summed E-state index contributed by atoms with van der Waals surface area (Å²) < 4.78 is 32.1. The monoisotopic (exact) mass is 340 g/mol. The Kier molecular flexibility index (Phi) is 4.84. The van der Waals surface area contributed by atoms with Gasteiger partial charge < -0.3 is 4.74 Å². The van der Waals surface area contributed by atoms with Crippen LogP contribution >= 0.6 is 15.9 Å². The number of benzene rings is 2. The molecular weight excluding hydrogens is 330 g/mol. The maximum atomic E-state index is 13.4. The van der Waals surface area contributed by atoms with Crippen molar-refractivity contribution >= 4 is 21.7 Å². The van der Waals surface area contributed by atoms with E-state index in [0.717, 1.165) is 6.07 Å². The van der Waals surface area contributed by atoms with E-state index in [4.69, 9.17) is 4.74 Å². The SMILES string of the molecule is O=C(CCOc1cc(Br)cc(F)c1F)c1ccccc1. The summed E-state index contributed by atoms with van der Waals surface area (Å²) in [7, 11) is 0. The third-order valence-corrected chi connectivity index (χ3v) is 3.10. The fourth-order valence-corrected chi connectivity index (χ4v) is 2.07. The zero-order chi connectivity index (χ0) is 14.5. The van der Waals surface area contributed by atoms with E-state index in [-0.39, 0.29) is 24.6 Å². The Bertz CT molecular complexity index is 615. The molecule has 2 rings (SSSR count). The number of rotatable bonds is 5. The van der Waals surface area contributed by atoms with Crippen LogP contribution in [0.25, 0.3) is 0 Å². The highest BCUT2D eigenvalue weighted by atomic mass is 79.9. The molecule has 20 heavy (non-hydrogen) atoms. The minimum atomic E-state index is -1.06. The molecule has 0 unspecified atom stereocenters. The standard InChI is InChI=1S/C15H11BrF2O2/c16-11-8-12(17)15(18)14(9-11)20-7-6-13(19)10-4-2-1-3-5-10/h1-5,8-9H,6-7H2. The molecule has 104 valence electrons. The summed E-state index contributed by atoms with van der Waals surface area (Å²) in [5.74, 6) is -2.37. The third kappa shape index (κ3) is 3.63. The van der Waals surface area contributed by atoms with Crippen LogP contribution in [0.5, 0.6) is 5.75 Å². The van der Waals surface area contributed by atoms with Gasteiger partial charge in [-0.25, -0.2) is 4.39 Å². The third-order valence-electron chi connectivity index (χ3n) is 2.64. The predicted molar refractivity (Wildman–Crippen MR) is 74.9 cm³/mol. The molecule has 0 aliphatic carbocycles. The smallest absolute Gasteiger partial charge is 0.200 e. The molecule has 5 heteroatoms. The van der Waals surface area contributed by atoms with Gasteiger partial charge in [0.1, 0.15) is 0 Å². The first-order valence-corrected chi connectivity index (χ1v) is 6.73. The van der Waals surface area contributed by atoms with Crippen LogP contribution in [0.3, 0.4) is 0 Å². The van der Waals surface area contributed by atoms with Gasteiger partial charge in [-0.1, -0.05) is 46.3 Å². The second kappa shape index (κ2) is 6.61. The Labute approximate surface area is 123 Å². The number of halogens is 3. The number of carbonyl (C=O) groups excluding carboxylic acids is 1. The summed E-state index contributed by atoms with van der Waals surface area (Å²) in [5.41, 5.74) is 0.567. The molecule has 2 nitrogen and oxygen atoms in total. The highest BCUT2D eigenvalue weighted by Gasteiger charge is 2.12. The van der Waals surface area contributed by atoms with Crippen LogP contribution in [-0.2, 0) is 0 Å². The van der Waals surface area contributed by atoms with Crippen LogP contribution in [-0.4, -0.2) is 12.4 Å². The molecule has 0 saturated carbocycles. The average Bonchev–Trinajstić information content (AvgIpc) is 2.44. The van der Waals surface area contributed by atoms with Gasteiger partial charge in [-0.3, -0.25) is 4.79 Å². The Morgan fingerprint density at radius 3 is 2.55 bits per heavy atom. The normalized spacial score (nSPS) is 10.3. The Morgan fingerprint density at radius 2 is 1.85 bits per heavy atom. The molecule has 0 amide bonds. The van der Waals surface area contributed by atoms with E-state index in [0.29, 0.717) is 10.0 Å². The Hall–Kier alpha value is -1.75. The lowest BCUT2D eigenvalue weighted by Crippen LogP contribution is -2.07. The quantitative estimate of drug-likeness (QED) is 0.596. The van der Waals surface area contributed by atoms with E-state index in [1.165, 1.54) is 6.07 Å². The molecule has 0 atom stereocenters. The van der Waals surface area contributed by atoms with E-state index in [1.807, 2.05) is 6.07 Å². The van der Waals surface area contributed by atoms with Gasteiger partial charge in [-0.05, 0) is 12.1 Å². The fourth-order valence-electron chi connectivity index (χ4n) is 1.66. The van der Waals surface area contributed by atoms with Gasteiger partial charge in [0.15, 0.2) is 17.3 Å². The number of Topliss-reactive ketones (excluding diaryl/α,β-unsaturated/α-hetero) is 1. The van der Waals surface area contributed by atoms with Crippen LogP contribution in [0.1, 0.15) is 16.8 Å². The largest absolute Gasteiger partial charge is 0.490 e. The summed E-state index contributed by atoms with van der Waals surface area (Å²) >= 11 is 3.05.